The number of nitriles is 1. The van der Waals surface area contributed by atoms with Crippen LogP contribution in [0.25, 0.3) is 16.8 Å². The summed E-state index contributed by atoms with van der Waals surface area (Å²) in [5.41, 5.74) is 7.66. The van der Waals surface area contributed by atoms with Crippen molar-refractivity contribution in [2.75, 3.05) is 18.4 Å². The predicted octanol–water partition coefficient (Wildman–Crippen LogP) is 5.71. The summed E-state index contributed by atoms with van der Waals surface area (Å²) in [6, 6.07) is 16.4. The van der Waals surface area contributed by atoms with E-state index in [2.05, 4.69) is 46.0 Å². The highest BCUT2D eigenvalue weighted by molar-refractivity contribution is 5.76. The molecule has 1 N–H and O–H groups in total. The number of fused-ring (bicyclic) bond motifs is 3. The smallest absolute Gasteiger partial charge is 0.410 e. The fourth-order valence-corrected chi connectivity index (χ4v) is 5.02. The third-order valence-corrected chi connectivity index (χ3v) is 6.78. The lowest BCUT2D eigenvalue weighted by atomic mass is 9.90. The van der Waals surface area contributed by atoms with Crippen molar-refractivity contribution >= 4 is 17.4 Å². The third-order valence-electron chi connectivity index (χ3n) is 6.78. The Morgan fingerprint density at radius 2 is 2.03 bits per heavy atom. The maximum atomic E-state index is 12.5. The lowest BCUT2D eigenvalue weighted by molar-refractivity contribution is 0.0270. The van der Waals surface area contributed by atoms with Crippen molar-refractivity contribution < 1.29 is 9.53 Å². The molecule has 2 aliphatic rings. The number of carbonyl (C=O) groups is 1. The van der Waals surface area contributed by atoms with Crippen molar-refractivity contribution in [2.45, 2.75) is 58.7 Å². The van der Waals surface area contributed by atoms with Crippen LogP contribution in [0.15, 0.2) is 48.5 Å². The van der Waals surface area contributed by atoms with Crippen LogP contribution in [-0.2, 0) is 11.3 Å². The number of benzene rings is 2. The van der Waals surface area contributed by atoms with Crippen LogP contribution in [0.1, 0.15) is 62.0 Å². The number of carbonyl (C=O) groups excluding carboxylic acids is 1. The van der Waals surface area contributed by atoms with Gasteiger partial charge in [-0.2, -0.15) is 5.26 Å². The van der Waals surface area contributed by atoms with Crippen LogP contribution in [-0.4, -0.2) is 44.7 Å². The molecule has 0 radical (unpaired) electrons. The minimum Gasteiger partial charge on any atom is -0.444 e. The summed E-state index contributed by atoms with van der Waals surface area (Å²) in [5.74, 6) is 0. The summed E-state index contributed by atoms with van der Waals surface area (Å²) in [6.45, 7) is 9.54. The first-order chi connectivity index (χ1) is 17.7. The van der Waals surface area contributed by atoms with Gasteiger partial charge < -0.3 is 15.0 Å². The fourth-order valence-electron chi connectivity index (χ4n) is 5.02. The molecule has 8 heteroatoms. The molecule has 37 heavy (non-hydrogen) atoms. The number of nitrogens with one attached hydrogen (secondary N) is 1. The van der Waals surface area contributed by atoms with Gasteiger partial charge in [-0.15, -0.1) is 5.10 Å². The number of ether oxygens (including phenoxy) is 1. The van der Waals surface area contributed by atoms with E-state index in [-0.39, 0.29) is 12.1 Å². The summed E-state index contributed by atoms with van der Waals surface area (Å²) in [4.78, 5) is 14.3. The summed E-state index contributed by atoms with van der Waals surface area (Å²) >= 11 is 0. The first-order valence-electron chi connectivity index (χ1n) is 12.7. The van der Waals surface area contributed by atoms with Gasteiger partial charge in [0.15, 0.2) is 0 Å². The van der Waals surface area contributed by atoms with Gasteiger partial charge >= 0.3 is 6.09 Å². The summed E-state index contributed by atoms with van der Waals surface area (Å²) in [7, 11) is 0. The molecule has 0 spiro atoms. The zero-order valence-electron chi connectivity index (χ0n) is 21.8. The van der Waals surface area contributed by atoms with E-state index in [9.17, 15) is 10.1 Å². The molecule has 5 rings (SSSR count). The Morgan fingerprint density at radius 3 is 2.76 bits per heavy atom. The molecule has 0 saturated carbocycles. The molecule has 1 atom stereocenters. The van der Waals surface area contributed by atoms with Gasteiger partial charge in [0.2, 0.25) is 0 Å². The Labute approximate surface area is 217 Å². The molecule has 3 heterocycles. The van der Waals surface area contributed by atoms with Gasteiger partial charge in [0.05, 0.1) is 29.1 Å². The largest absolute Gasteiger partial charge is 0.444 e. The number of amides is 1. The van der Waals surface area contributed by atoms with Crippen molar-refractivity contribution in [3.8, 4) is 17.3 Å². The molecule has 2 aromatic carbocycles. The van der Waals surface area contributed by atoms with Crippen LogP contribution in [0, 0.1) is 18.3 Å². The maximum Gasteiger partial charge on any atom is 0.410 e. The van der Waals surface area contributed by atoms with Gasteiger partial charge in [0.25, 0.3) is 0 Å². The maximum absolute atomic E-state index is 12.5. The molecule has 0 fully saturated rings. The zero-order chi connectivity index (χ0) is 26.2. The molecule has 0 saturated heterocycles. The van der Waals surface area contributed by atoms with E-state index < -0.39 is 5.60 Å². The lowest BCUT2D eigenvalue weighted by Gasteiger charge is -2.30. The Balaban J connectivity index is 1.47. The molecule has 1 unspecified atom stereocenters. The van der Waals surface area contributed by atoms with Gasteiger partial charge in [-0.1, -0.05) is 29.5 Å². The third kappa shape index (κ3) is 5.21. The molecule has 8 nitrogen and oxygen atoms in total. The zero-order valence-corrected chi connectivity index (χ0v) is 21.8. The van der Waals surface area contributed by atoms with E-state index in [0.717, 1.165) is 47.6 Å². The second-order valence-corrected chi connectivity index (χ2v) is 10.6. The quantitative estimate of drug-likeness (QED) is 0.499. The Hall–Kier alpha value is -4.12. The predicted molar refractivity (Wildman–Crippen MR) is 143 cm³/mol. The number of aromatic nitrogens is 3. The van der Waals surface area contributed by atoms with Crippen LogP contribution in [0.4, 0.5) is 10.5 Å². The molecule has 1 aromatic heterocycles. The van der Waals surface area contributed by atoms with E-state index in [0.29, 0.717) is 18.7 Å². The molecule has 3 aromatic rings. The topological polar surface area (TPSA) is 96.1 Å². The summed E-state index contributed by atoms with van der Waals surface area (Å²) in [6.07, 6.45) is 3.44. The Morgan fingerprint density at radius 1 is 1.19 bits per heavy atom. The van der Waals surface area contributed by atoms with E-state index in [1.165, 1.54) is 11.1 Å². The highest BCUT2D eigenvalue weighted by atomic mass is 16.6. The number of rotatable bonds is 3. The van der Waals surface area contributed by atoms with E-state index in [1.54, 1.807) is 4.90 Å². The van der Waals surface area contributed by atoms with Crippen molar-refractivity contribution in [3.63, 3.8) is 0 Å². The Bertz CT molecular complexity index is 1410. The van der Waals surface area contributed by atoms with Gasteiger partial charge in [-0.3, -0.25) is 0 Å². The molecule has 0 aliphatic carbocycles. The number of nitrogens with zero attached hydrogens (tertiary/aromatic N) is 5. The average Bonchev–Trinajstić information content (AvgIpc) is 3.17. The number of aryl methyl sites for hydroxylation is 2. The van der Waals surface area contributed by atoms with Crippen LogP contribution in [0.3, 0.4) is 0 Å². The van der Waals surface area contributed by atoms with Crippen LogP contribution in [0.2, 0.25) is 0 Å². The minimum absolute atomic E-state index is 0.0347. The van der Waals surface area contributed by atoms with Crippen molar-refractivity contribution in [2.24, 2.45) is 0 Å². The van der Waals surface area contributed by atoms with E-state index in [1.807, 2.05) is 56.6 Å². The first-order valence-corrected chi connectivity index (χ1v) is 12.7. The minimum atomic E-state index is -0.508. The summed E-state index contributed by atoms with van der Waals surface area (Å²) < 4.78 is 7.53. The molecular weight excluding hydrogens is 464 g/mol. The van der Waals surface area contributed by atoms with Crippen molar-refractivity contribution in [1.82, 2.24) is 19.9 Å². The highest BCUT2D eigenvalue weighted by Gasteiger charge is 2.27. The van der Waals surface area contributed by atoms with Crippen LogP contribution >= 0.6 is 0 Å². The van der Waals surface area contributed by atoms with Gasteiger partial charge in [-0.25, -0.2) is 9.48 Å². The van der Waals surface area contributed by atoms with Crippen LogP contribution in [0.5, 0.6) is 0 Å². The molecule has 0 bridgehead atoms. The lowest BCUT2D eigenvalue weighted by Crippen LogP contribution is -2.39. The van der Waals surface area contributed by atoms with Gasteiger partial charge in [0, 0.05) is 30.9 Å². The van der Waals surface area contributed by atoms with Crippen molar-refractivity contribution in [1.29, 1.82) is 5.26 Å². The van der Waals surface area contributed by atoms with Gasteiger partial charge in [0.1, 0.15) is 5.60 Å². The average molecular weight is 497 g/mol. The second-order valence-electron chi connectivity index (χ2n) is 10.6. The normalized spacial score (nSPS) is 17.1. The van der Waals surface area contributed by atoms with Gasteiger partial charge in [-0.05, 0) is 81.5 Å². The monoisotopic (exact) mass is 496 g/mol. The highest BCUT2D eigenvalue weighted by Crippen LogP contribution is 2.39. The Kier molecular flexibility index (Phi) is 6.46. The molecule has 2 aliphatic heterocycles. The molecular formula is C29H32N6O2. The molecule has 1 amide bonds. The molecule has 190 valence electrons. The standard InChI is InChI=1S/C29H32N6O2/c1-19-27-24-9-8-22(21-10-13-34(14-11-21)28(36)37-29(2,3)4)17-25(24)26(12-15-35(27)33-32-19)31-23-7-5-6-20(16-23)18-30/h5-10,16-17,26,31H,11-15H2,1-4H3. The summed E-state index contributed by atoms with van der Waals surface area (Å²) in [5, 5.41) is 21.7. The van der Waals surface area contributed by atoms with E-state index >= 15 is 0 Å². The van der Waals surface area contributed by atoms with Crippen molar-refractivity contribution in [3.05, 3.63) is 70.9 Å². The first kappa shape index (κ1) is 24.6. The number of hydrogen-bond donors (Lipinski definition) is 1. The fraction of sp³-hybridized carbons (Fsp3) is 0.379. The van der Waals surface area contributed by atoms with Crippen LogP contribution < -0.4 is 5.32 Å². The second kappa shape index (κ2) is 9.74. The van der Waals surface area contributed by atoms with E-state index in [4.69, 9.17) is 4.74 Å². The SMILES string of the molecule is Cc1nnn2c1-c1ccc(C3=CCN(C(=O)OC(C)(C)C)CC3)cc1C(Nc1cccc(C#N)c1)CC2. The number of hydrogen-bond acceptors (Lipinski definition) is 6. The number of anilines is 1.